The Bertz CT molecular complexity index is 1680. The summed E-state index contributed by atoms with van der Waals surface area (Å²) in [4.78, 5) is 12.7. The van der Waals surface area contributed by atoms with Gasteiger partial charge in [-0.2, -0.15) is 5.10 Å². The summed E-state index contributed by atoms with van der Waals surface area (Å²) in [5, 5.41) is 5.13. The fraction of sp³-hybridized carbons (Fsp3) is 0.0909. The zero-order valence-electron chi connectivity index (χ0n) is 18.2. The molecule has 1 N–H and O–H groups in total. The van der Waals surface area contributed by atoms with Gasteiger partial charge in [0.05, 0.1) is 19.0 Å². The summed E-state index contributed by atoms with van der Waals surface area (Å²) in [7, 11) is -3.09. The predicted molar refractivity (Wildman–Crippen MR) is 126 cm³/mol. The van der Waals surface area contributed by atoms with E-state index < -0.39 is 26.6 Å². The van der Waals surface area contributed by atoms with Crippen molar-refractivity contribution in [1.82, 2.24) is 24.6 Å². The van der Waals surface area contributed by atoms with Crippen LogP contribution in [0, 0.1) is 18.6 Å². The molecule has 13 heteroatoms. The van der Waals surface area contributed by atoms with Crippen LogP contribution in [0.15, 0.2) is 59.9 Å². The van der Waals surface area contributed by atoms with Crippen LogP contribution in [-0.2, 0) is 10.0 Å². The lowest BCUT2D eigenvalue weighted by Gasteiger charge is -2.12. The quantitative estimate of drug-likeness (QED) is 0.359. The van der Waals surface area contributed by atoms with E-state index in [1.54, 1.807) is 16.9 Å². The molecule has 9 nitrogen and oxygen atoms in total. The van der Waals surface area contributed by atoms with E-state index in [1.807, 2.05) is 19.1 Å². The van der Waals surface area contributed by atoms with Gasteiger partial charge >= 0.3 is 0 Å². The second-order valence-corrected chi connectivity index (χ2v) is 10.00. The summed E-state index contributed by atoms with van der Waals surface area (Å²) in [6, 6.07) is 7.43. The topological polar surface area (TPSA) is 111 Å². The molecule has 35 heavy (non-hydrogen) atoms. The predicted octanol–water partition coefficient (Wildman–Crippen LogP) is 4.31. The molecule has 0 aliphatic carbocycles. The molecule has 0 spiro atoms. The summed E-state index contributed by atoms with van der Waals surface area (Å²) in [6.45, 7) is 1.89. The minimum atomic E-state index is -4.41. The molecule has 0 fully saturated rings. The van der Waals surface area contributed by atoms with Gasteiger partial charge in [-0.15, -0.1) is 0 Å². The Morgan fingerprint density at radius 2 is 1.86 bits per heavy atom. The van der Waals surface area contributed by atoms with Gasteiger partial charge in [0, 0.05) is 35.3 Å². The number of halogens is 2. The number of methoxy groups -OCH3 is 1. The molecule has 4 heterocycles. The first-order valence-electron chi connectivity index (χ1n) is 10.0. The van der Waals surface area contributed by atoms with E-state index >= 15 is 0 Å². The lowest BCUT2D eigenvalue weighted by atomic mass is 10.2. The fourth-order valence-corrected chi connectivity index (χ4v) is 5.37. The number of aromatic nitrogens is 5. The number of sulfonamides is 1. The minimum Gasteiger partial charge on any atom is -0.480 e. The maximum Gasteiger partial charge on any atom is 0.264 e. The van der Waals surface area contributed by atoms with E-state index in [9.17, 15) is 17.2 Å². The van der Waals surface area contributed by atoms with Gasteiger partial charge in [0.2, 0.25) is 10.8 Å². The van der Waals surface area contributed by atoms with Crippen molar-refractivity contribution in [3.63, 3.8) is 0 Å². The molecule has 178 valence electrons. The smallest absolute Gasteiger partial charge is 0.264 e. The van der Waals surface area contributed by atoms with Crippen LogP contribution in [0.3, 0.4) is 0 Å². The van der Waals surface area contributed by atoms with Crippen molar-refractivity contribution in [3.8, 4) is 27.7 Å². The van der Waals surface area contributed by atoms with Gasteiger partial charge in [-0.3, -0.25) is 9.71 Å². The van der Waals surface area contributed by atoms with Gasteiger partial charge in [0.15, 0.2) is 0 Å². The van der Waals surface area contributed by atoms with Crippen LogP contribution >= 0.6 is 11.3 Å². The summed E-state index contributed by atoms with van der Waals surface area (Å²) < 4.78 is 62.1. The summed E-state index contributed by atoms with van der Waals surface area (Å²) in [5.41, 5.74) is 2.95. The highest BCUT2D eigenvalue weighted by Crippen LogP contribution is 2.34. The number of fused-ring (bicyclic) bond motifs is 1. The normalized spacial score (nSPS) is 11.7. The molecule has 0 atom stereocenters. The number of hydrogen-bond acceptors (Lipinski definition) is 8. The third kappa shape index (κ3) is 4.31. The van der Waals surface area contributed by atoms with Gasteiger partial charge in [0.1, 0.15) is 27.2 Å². The maximum atomic E-state index is 14.1. The Balaban J connectivity index is 1.54. The Morgan fingerprint density at radius 3 is 2.60 bits per heavy atom. The van der Waals surface area contributed by atoms with E-state index in [4.69, 9.17) is 4.74 Å². The SMILES string of the molecule is COc1ncc(-c2nn3c(-c4ccnc(C)c4)cnc3s2)cc1NS(=O)(=O)c1ccc(F)cc1F. The minimum absolute atomic E-state index is 0.0332. The Kier molecular flexibility index (Phi) is 5.65. The first-order valence-corrected chi connectivity index (χ1v) is 12.3. The molecule has 0 unspecified atom stereocenters. The lowest BCUT2D eigenvalue weighted by Crippen LogP contribution is -2.15. The second kappa shape index (κ2) is 8.67. The number of benzene rings is 1. The Morgan fingerprint density at radius 1 is 1.03 bits per heavy atom. The number of imidazole rings is 1. The molecule has 0 radical (unpaired) electrons. The highest BCUT2D eigenvalue weighted by Gasteiger charge is 2.23. The molecular formula is C22H16F2N6O3S2. The molecule has 0 saturated carbocycles. The monoisotopic (exact) mass is 514 g/mol. The molecule has 0 aliphatic rings. The molecule has 5 aromatic rings. The Hall–Kier alpha value is -3.97. The molecule has 0 bridgehead atoms. The van der Waals surface area contributed by atoms with Gasteiger partial charge in [-0.05, 0) is 37.3 Å². The van der Waals surface area contributed by atoms with Gasteiger partial charge < -0.3 is 4.74 Å². The van der Waals surface area contributed by atoms with Gasteiger partial charge in [-0.25, -0.2) is 31.7 Å². The molecule has 1 aromatic carbocycles. The van der Waals surface area contributed by atoms with Crippen LogP contribution < -0.4 is 9.46 Å². The largest absolute Gasteiger partial charge is 0.480 e. The van der Waals surface area contributed by atoms with E-state index in [1.165, 1.54) is 30.7 Å². The number of anilines is 1. The number of nitrogens with one attached hydrogen (secondary N) is 1. The number of aryl methyl sites for hydroxylation is 1. The van der Waals surface area contributed by atoms with E-state index in [-0.39, 0.29) is 11.6 Å². The summed E-state index contributed by atoms with van der Waals surface area (Å²) in [6.07, 6.45) is 4.89. The molecule has 0 amide bonds. The van der Waals surface area contributed by atoms with Gasteiger partial charge in [-0.1, -0.05) is 11.3 Å². The average molecular weight is 515 g/mol. The molecular weight excluding hydrogens is 498 g/mol. The highest BCUT2D eigenvalue weighted by atomic mass is 32.2. The van der Waals surface area contributed by atoms with Crippen molar-refractivity contribution in [2.24, 2.45) is 0 Å². The number of ether oxygens (including phenoxy) is 1. The van der Waals surface area contributed by atoms with Crippen LogP contribution in [0.5, 0.6) is 5.88 Å². The average Bonchev–Trinajstić information content (AvgIpc) is 3.39. The van der Waals surface area contributed by atoms with Crippen molar-refractivity contribution >= 4 is 32.0 Å². The third-order valence-corrected chi connectivity index (χ3v) is 7.37. The van der Waals surface area contributed by atoms with Crippen molar-refractivity contribution in [2.75, 3.05) is 11.8 Å². The standard InChI is InChI=1S/C22H16F2N6O3S2/c1-12-7-13(5-6-25-12)18-11-27-22-30(18)28-21(34-22)14-8-17(20(33-2)26-10-14)29-35(31,32)19-4-3-15(23)9-16(19)24/h3-11,29H,1-2H3. The Labute approximate surface area is 202 Å². The fourth-order valence-electron chi connectivity index (χ4n) is 3.41. The number of rotatable bonds is 6. The second-order valence-electron chi connectivity index (χ2n) is 7.39. The van der Waals surface area contributed by atoms with Crippen LogP contribution in [0.4, 0.5) is 14.5 Å². The number of pyridine rings is 2. The zero-order valence-corrected chi connectivity index (χ0v) is 19.9. The maximum absolute atomic E-state index is 14.1. The molecule has 4 aromatic heterocycles. The van der Waals surface area contributed by atoms with Crippen molar-refractivity contribution < 1.29 is 21.9 Å². The number of nitrogens with zero attached hydrogens (tertiary/aromatic N) is 5. The summed E-state index contributed by atoms with van der Waals surface area (Å²) in [5.74, 6) is -2.15. The first-order chi connectivity index (χ1) is 16.7. The molecule has 0 saturated heterocycles. The van der Waals surface area contributed by atoms with Crippen LogP contribution in [0.25, 0.3) is 26.8 Å². The summed E-state index contributed by atoms with van der Waals surface area (Å²) >= 11 is 1.28. The zero-order chi connectivity index (χ0) is 24.7. The third-order valence-electron chi connectivity index (χ3n) is 5.00. The molecule has 0 aliphatic heterocycles. The van der Waals surface area contributed by atoms with Crippen LogP contribution in [-0.4, -0.2) is 40.1 Å². The van der Waals surface area contributed by atoms with E-state index in [0.29, 0.717) is 21.6 Å². The van der Waals surface area contributed by atoms with E-state index in [0.717, 1.165) is 29.1 Å². The van der Waals surface area contributed by atoms with Crippen LogP contribution in [0.1, 0.15) is 5.69 Å². The molecule has 5 rings (SSSR count). The van der Waals surface area contributed by atoms with Crippen molar-refractivity contribution in [3.05, 3.63) is 72.3 Å². The number of hydrogen-bond donors (Lipinski definition) is 1. The highest BCUT2D eigenvalue weighted by molar-refractivity contribution is 7.92. The first kappa shape index (κ1) is 22.8. The van der Waals surface area contributed by atoms with Crippen molar-refractivity contribution in [1.29, 1.82) is 0 Å². The van der Waals surface area contributed by atoms with Gasteiger partial charge in [0.25, 0.3) is 10.0 Å². The van der Waals surface area contributed by atoms with Crippen LogP contribution in [0.2, 0.25) is 0 Å². The van der Waals surface area contributed by atoms with E-state index in [2.05, 4.69) is 24.8 Å². The lowest BCUT2D eigenvalue weighted by molar-refractivity contribution is 0.400. The van der Waals surface area contributed by atoms with Crippen molar-refractivity contribution in [2.45, 2.75) is 11.8 Å².